The summed E-state index contributed by atoms with van der Waals surface area (Å²) in [6.07, 6.45) is 4.51. The van der Waals surface area contributed by atoms with E-state index in [2.05, 4.69) is 33.9 Å². The van der Waals surface area contributed by atoms with Gasteiger partial charge in [0.25, 0.3) is 5.91 Å². The molecule has 0 bridgehead atoms. The zero-order valence-electron chi connectivity index (χ0n) is 18.0. The van der Waals surface area contributed by atoms with E-state index in [1.54, 1.807) is 7.11 Å². The molecule has 1 N–H and O–H groups in total. The van der Waals surface area contributed by atoms with Gasteiger partial charge in [-0.05, 0) is 55.3 Å². The Hall–Kier alpha value is -3.19. The lowest BCUT2D eigenvalue weighted by molar-refractivity contribution is 0.0474. The summed E-state index contributed by atoms with van der Waals surface area (Å²) in [7, 11) is 5.83. The van der Waals surface area contributed by atoms with Crippen LogP contribution in [0.2, 0.25) is 0 Å². The van der Waals surface area contributed by atoms with Gasteiger partial charge in [-0.15, -0.1) is 0 Å². The van der Waals surface area contributed by atoms with Gasteiger partial charge in [0.05, 0.1) is 29.6 Å². The van der Waals surface area contributed by atoms with E-state index < -0.39 is 0 Å². The van der Waals surface area contributed by atoms with E-state index >= 15 is 0 Å². The number of nitrogens with zero attached hydrogens (tertiary/aromatic N) is 4. The summed E-state index contributed by atoms with van der Waals surface area (Å²) in [6.45, 7) is 1.79. The number of likely N-dealkylation sites (N-methyl/N-ethyl adjacent to an activating group) is 1. The predicted octanol–water partition coefficient (Wildman–Crippen LogP) is 2.23. The summed E-state index contributed by atoms with van der Waals surface area (Å²) in [4.78, 5) is 25.0. The standard InChI is InChI=1S/C24H25N5O2/c1-28-12-24(13-28)10-18-19(23(30)27-24)17-9-6-15-11-25-22(26-20(15)21(17)29(18)2)14-4-7-16(31-3)8-5-14/h4-5,7-8,11H,6,9-10,12-13H2,1-3H3,(H,27,30). The molecule has 1 spiro atoms. The first-order chi connectivity index (χ1) is 15.0. The third-order valence-corrected chi connectivity index (χ3v) is 6.95. The second kappa shape index (κ2) is 6.40. The van der Waals surface area contributed by atoms with Crippen LogP contribution in [0, 0.1) is 0 Å². The van der Waals surface area contributed by atoms with Gasteiger partial charge in [-0.2, -0.15) is 0 Å². The first-order valence-electron chi connectivity index (χ1n) is 10.7. The molecule has 3 aromatic rings. The van der Waals surface area contributed by atoms with E-state index in [1.807, 2.05) is 30.5 Å². The number of nitrogens with one attached hydrogen (secondary N) is 1. The van der Waals surface area contributed by atoms with Gasteiger partial charge in [0.15, 0.2) is 5.82 Å². The molecule has 0 radical (unpaired) electrons. The highest BCUT2D eigenvalue weighted by Gasteiger charge is 2.48. The Kier molecular flexibility index (Phi) is 3.84. The van der Waals surface area contributed by atoms with E-state index in [9.17, 15) is 4.79 Å². The SMILES string of the molecule is COc1ccc(-c2ncc3c(n2)-c2c(c4c(n2C)CC2(CN(C)C2)NC4=O)CC3)cc1. The molecule has 1 aromatic carbocycles. The summed E-state index contributed by atoms with van der Waals surface area (Å²) in [5.74, 6) is 1.56. The molecule has 31 heavy (non-hydrogen) atoms. The van der Waals surface area contributed by atoms with Crippen LogP contribution < -0.4 is 10.1 Å². The molecule has 0 atom stereocenters. The number of carbonyl (C=O) groups is 1. The van der Waals surface area contributed by atoms with Crippen molar-refractivity contribution in [2.24, 2.45) is 7.05 Å². The summed E-state index contributed by atoms with van der Waals surface area (Å²) < 4.78 is 7.48. The zero-order valence-corrected chi connectivity index (χ0v) is 18.0. The number of benzene rings is 1. The third-order valence-electron chi connectivity index (χ3n) is 6.95. The Morgan fingerprint density at radius 1 is 1.13 bits per heavy atom. The van der Waals surface area contributed by atoms with Gasteiger partial charge in [-0.1, -0.05) is 0 Å². The quantitative estimate of drug-likeness (QED) is 0.695. The summed E-state index contributed by atoms with van der Waals surface area (Å²) >= 11 is 0. The molecule has 158 valence electrons. The maximum absolute atomic E-state index is 13.2. The number of fused-ring (bicyclic) bond motifs is 5. The minimum Gasteiger partial charge on any atom is -0.497 e. The first-order valence-corrected chi connectivity index (χ1v) is 10.7. The van der Waals surface area contributed by atoms with Crippen molar-refractivity contribution in [2.75, 3.05) is 27.2 Å². The molecule has 0 saturated carbocycles. The number of rotatable bonds is 2. The molecule has 1 fully saturated rings. The number of ether oxygens (including phenoxy) is 1. The molecule has 3 aliphatic rings. The van der Waals surface area contributed by atoms with Crippen LogP contribution >= 0.6 is 0 Å². The van der Waals surface area contributed by atoms with Gasteiger partial charge in [-0.25, -0.2) is 9.97 Å². The molecular weight excluding hydrogens is 390 g/mol. The van der Waals surface area contributed by atoms with Crippen LogP contribution in [0.3, 0.4) is 0 Å². The summed E-state index contributed by atoms with van der Waals surface area (Å²) in [5, 5.41) is 3.31. The number of aryl methyl sites for hydroxylation is 1. The van der Waals surface area contributed by atoms with Crippen molar-refractivity contribution in [3.8, 4) is 28.5 Å². The van der Waals surface area contributed by atoms with Crippen molar-refractivity contribution in [2.45, 2.75) is 24.8 Å². The van der Waals surface area contributed by atoms with Crippen LogP contribution in [0.5, 0.6) is 5.75 Å². The number of likely N-dealkylation sites (tertiary alicyclic amines) is 1. The lowest BCUT2D eigenvalue weighted by Gasteiger charge is -2.51. The van der Waals surface area contributed by atoms with Crippen molar-refractivity contribution in [1.82, 2.24) is 24.8 Å². The third kappa shape index (κ3) is 2.66. The minimum atomic E-state index is -0.129. The van der Waals surface area contributed by atoms with Crippen molar-refractivity contribution in [3.05, 3.63) is 52.8 Å². The van der Waals surface area contributed by atoms with Crippen LogP contribution in [0.25, 0.3) is 22.8 Å². The number of carbonyl (C=O) groups excluding carboxylic acids is 1. The predicted molar refractivity (Wildman–Crippen MR) is 117 cm³/mol. The molecule has 6 rings (SSSR count). The molecule has 4 heterocycles. The Morgan fingerprint density at radius 3 is 2.61 bits per heavy atom. The van der Waals surface area contributed by atoms with Crippen molar-refractivity contribution < 1.29 is 9.53 Å². The van der Waals surface area contributed by atoms with Crippen molar-refractivity contribution in [1.29, 1.82) is 0 Å². The highest BCUT2D eigenvalue weighted by Crippen LogP contribution is 2.41. The Morgan fingerprint density at radius 2 is 1.90 bits per heavy atom. The summed E-state index contributed by atoms with van der Waals surface area (Å²) in [6, 6.07) is 7.80. The fourth-order valence-corrected chi connectivity index (χ4v) is 5.60. The summed E-state index contributed by atoms with van der Waals surface area (Å²) in [5.41, 5.74) is 7.12. The van der Waals surface area contributed by atoms with Crippen LogP contribution in [0.4, 0.5) is 0 Å². The van der Waals surface area contributed by atoms with E-state index in [-0.39, 0.29) is 11.4 Å². The topological polar surface area (TPSA) is 72.3 Å². The molecule has 7 nitrogen and oxygen atoms in total. The maximum atomic E-state index is 13.2. The van der Waals surface area contributed by atoms with Gasteiger partial charge in [0.1, 0.15) is 5.75 Å². The molecule has 2 aliphatic heterocycles. The van der Waals surface area contributed by atoms with E-state index in [4.69, 9.17) is 9.72 Å². The molecule has 2 aromatic heterocycles. The number of methoxy groups -OCH3 is 1. The molecule has 1 amide bonds. The van der Waals surface area contributed by atoms with Crippen LogP contribution in [-0.4, -0.2) is 58.1 Å². The Labute approximate surface area is 181 Å². The average Bonchev–Trinajstić information content (AvgIpc) is 3.05. The average molecular weight is 415 g/mol. The number of aromatic nitrogens is 3. The first kappa shape index (κ1) is 18.6. The highest BCUT2D eigenvalue weighted by atomic mass is 16.5. The van der Waals surface area contributed by atoms with Crippen LogP contribution in [0.1, 0.15) is 27.2 Å². The van der Waals surface area contributed by atoms with E-state index in [0.717, 1.165) is 77.4 Å². The minimum absolute atomic E-state index is 0.0686. The molecular formula is C24H25N5O2. The van der Waals surface area contributed by atoms with Crippen molar-refractivity contribution in [3.63, 3.8) is 0 Å². The lowest BCUT2D eigenvalue weighted by atomic mass is 9.80. The molecule has 1 saturated heterocycles. The van der Waals surface area contributed by atoms with Crippen LogP contribution in [-0.2, 0) is 26.3 Å². The maximum Gasteiger partial charge on any atom is 0.253 e. The zero-order chi connectivity index (χ0) is 21.3. The largest absolute Gasteiger partial charge is 0.497 e. The van der Waals surface area contributed by atoms with Crippen molar-refractivity contribution >= 4 is 5.91 Å². The van der Waals surface area contributed by atoms with Gasteiger partial charge >= 0.3 is 0 Å². The lowest BCUT2D eigenvalue weighted by Crippen LogP contribution is -2.71. The van der Waals surface area contributed by atoms with Gasteiger partial charge in [-0.3, -0.25) is 4.79 Å². The smallest absolute Gasteiger partial charge is 0.253 e. The number of hydrogen-bond donors (Lipinski definition) is 1. The number of hydrogen-bond acceptors (Lipinski definition) is 5. The monoisotopic (exact) mass is 415 g/mol. The van der Waals surface area contributed by atoms with E-state index in [0.29, 0.717) is 5.82 Å². The van der Waals surface area contributed by atoms with Gasteiger partial charge in [0.2, 0.25) is 0 Å². The van der Waals surface area contributed by atoms with Gasteiger partial charge in [0, 0.05) is 44.0 Å². The Balaban J connectivity index is 1.47. The van der Waals surface area contributed by atoms with Crippen LogP contribution in [0.15, 0.2) is 30.5 Å². The fraction of sp³-hybridized carbons (Fsp3) is 0.375. The normalized spacial score (nSPS) is 18.6. The molecule has 1 aliphatic carbocycles. The van der Waals surface area contributed by atoms with E-state index in [1.165, 1.54) is 0 Å². The second-order valence-corrected chi connectivity index (χ2v) is 9.09. The highest BCUT2D eigenvalue weighted by molar-refractivity contribution is 6.01. The van der Waals surface area contributed by atoms with Gasteiger partial charge < -0.3 is 19.5 Å². The Bertz CT molecular complexity index is 1220. The molecule has 7 heteroatoms. The second-order valence-electron chi connectivity index (χ2n) is 9.09. The number of amides is 1. The fourth-order valence-electron chi connectivity index (χ4n) is 5.60. The molecule has 0 unspecified atom stereocenters.